The van der Waals surface area contributed by atoms with Crippen LogP contribution < -0.4 is 10.5 Å². The van der Waals surface area contributed by atoms with Crippen molar-refractivity contribution >= 4 is 23.2 Å². The molecule has 2 aromatic rings. The van der Waals surface area contributed by atoms with Gasteiger partial charge in [0.15, 0.2) is 0 Å². The molecular formula is C16H14ClF3N4O2. The van der Waals surface area contributed by atoms with Crippen molar-refractivity contribution in [3.05, 3.63) is 57.0 Å². The van der Waals surface area contributed by atoms with Crippen LogP contribution in [0.15, 0.2) is 35.3 Å². The van der Waals surface area contributed by atoms with Crippen LogP contribution in [0.3, 0.4) is 0 Å². The van der Waals surface area contributed by atoms with Crippen molar-refractivity contribution in [1.29, 1.82) is 0 Å². The molecule has 6 nitrogen and oxygen atoms in total. The van der Waals surface area contributed by atoms with E-state index in [2.05, 4.69) is 10.2 Å². The number of halogens is 4. The largest absolute Gasteiger partial charge is 0.416 e. The predicted molar refractivity (Wildman–Crippen MR) is 88.9 cm³/mol. The molecule has 2 heterocycles. The molecule has 1 aliphatic rings. The van der Waals surface area contributed by atoms with Crippen LogP contribution >= 0.6 is 11.6 Å². The summed E-state index contributed by atoms with van der Waals surface area (Å²) in [5, 5.41) is 6.01. The second kappa shape index (κ2) is 6.99. The Kier molecular flexibility index (Phi) is 4.90. The Labute approximate surface area is 151 Å². The minimum absolute atomic E-state index is 0.0482. The number of aromatic amines is 1. The van der Waals surface area contributed by atoms with Gasteiger partial charge in [-0.25, -0.2) is 5.10 Å². The van der Waals surface area contributed by atoms with E-state index in [9.17, 15) is 22.8 Å². The zero-order chi connectivity index (χ0) is 18.9. The monoisotopic (exact) mass is 386 g/mol. The zero-order valence-electron chi connectivity index (χ0n) is 13.4. The number of nitrogens with one attached hydrogen (secondary N) is 1. The highest BCUT2D eigenvalue weighted by Crippen LogP contribution is 2.29. The molecule has 1 saturated heterocycles. The van der Waals surface area contributed by atoms with Gasteiger partial charge >= 0.3 is 6.18 Å². The number of H-pyrrole nitrogens is 1. The molecule has 0 aliphatic carbocycles. The lowest BCUT2D eigenvalue weighted by Crippen LogP contribution is -2.51. The Morgan fingerprint density at radius 1 is 1.15 bits per heavy atom. The molecule has 3 rings (SSSR count). The number of hydrogen-bond acceptors (Lipinski definition) is 4. The van der Waals surface area contributed by atoms with Gasteiger partial charge in [0, 0.05) is 19.6 Å². The van der Waals surface area contributed by atoms with Gasteiger partial charge in [-0.05, 0) is 17.7 Å². The molecule has 1 N–H and O–H groups in total. The first-order valence-corrected chi connectivity index (χ1v) is 8.05. The SMILES string of the molecule is O=C1CN(c2c(Cl)cn[nH]c2=O)CCN1Cc1ccc(C(F)(F)F)cc1. The summed E-state index contributed by atoms with van der Waals surface area (Å²) in [6.07, 6.45) is -3.10. The molecule has 1 amide bonds. The smallest absolute Gasteiger partial charge is 0.355 e. The summed E-state index contributed by atoms with van der Waals surface area (Å²) in [5.74, 6) is -0.247. The van der Waals surface area contributed by atoms with Crippen molar-refractivity contribution in [2.45, 2.75) is 12.7 Å². The number of carbonyl (C=O) groups is 1. The summed E-state index contributed by atoms with van der Waals surface area (Å²) < 4.78 is 37.8. The van der Waals surface area contributed by atoms with E-state index in [0.29, 0.717) is 18.7 Å². The summed E-state index contributed by atoms with van der Waals surface area (Å²) in [4.78, 5) is 27.3. The lowest BCUT2D eigenvalue weighted by molar-refractivity contribution is -0.137. The van der Waals surface area contributed by atoms with E-state index in [0.717, 1.165) is 12.1 Å². The van der Waals surface area contributed by atoms with Crippen molar-refractivity contribution in [2.75, 3.05) is 24.5 Å². The van der Waals surface area contributed by atoms with E-state index >= 15 is 0 Å². The standard InChI is InChI=1S/C16H14ClF3N4O2/c17-12-7-21-22-15(26)14(12)24-6-5-23(13(25)9-24)8-10-1-3-11(4-2-10)16(18,19)20/h1-4,7H,5-6,8-9H2,(H,22,26). The molecule has 138 valence electrons. The summed E-state index contributed by atoms with van der Waals surface area (Å²) in [6, 6.07) is 4.69. The third-order valence-electron chi connectivity index (χ3n) is 4.07. The molecule has 1 aromatic carbocycles. The first-order chi connectivity index (χ1) is 12.3. The van der Waals surface area contributed by atoms with Gasteiger partial charge in [0.1, 0.15) is 5.69 Å². The number of anilines is 1. The van der Waals surface area contributed by atoms with Crippen LogP contribution in [0.2, 0.25) is 5.02 Å². The second-order valence-electron chi connectivity index (χ2n) is 5.83. The fraction of sp³-hybridized carbons (Fsp3) is 0.312. The van der Waals surface area contributed by atoms with Crippen LogP contribution in [-0.4, -0.2) is 40.6 Å². The fourth-order valence-corrected chi connectivity index (χ4v) is 3.00. The van der Waals surface area contributed by atoms with Crippen LogP contribution in [-0.2, 0) is 17.5 Å². The summed E-state index contributed by atoms with van der Waals surface area (Å²) in [6.45, 7) is 0.843. The Hall–Kier alpha value is -2.55. The number of nitrogens with zero attached hydrogens (tertiary/aromatic N) is 3. The number of benzene rings is 1. The van der Waals surface area contributed by atoms with Crippen LogP contribution in [0.1, 0.15) is 11.1 Å². The first-order valence-electron chi connectivity index (χ1n) is 7.68. The van der Waals surface area contributed by atoms with E-state index in [4.69, 9.17) is 11.6 Å². The molecule has 10 heteroatoms. The average molecular weight is 387 g/mol. The maximum Gasteiger partial charge on any atom is 0.416 e. The number of alkyl halides is 3. The van der Waals surface area contributed by atoms with Crippen molar-refractivity contribution in [3.8, 4) is 0 Å². The lowest BCUT2D eigenvalue weighted by Gasteiger charge is -2.35. The molecule has 0 atom stereocenters. The lowest BCUT2D eigenvalue weighted by atomic mass is 10.1. The van der Waals surface area contributed by atoms with Crippen molar-refractivity contribution in [2.24, 2.45) is 0 Å². The van der Waals surface area contributed by atoms with Crippen molar-refractivity contribution in [1.82, 2.24) is 15.1 Å². The number of hydrogen-bond donors (Lipinski definition) is 1. The molecule has 1 fully saturated rings. The topological polar surface area (TPSA) is 69.3 Å². The summed E-state index contributed by atoms with van der Waals surface area (Å²) in [5.41, 5.74) is -0.436. The molecule has 0 unspecified atom stereocenters. The van der Waals surface area contributed by atoms with Crippen LogP contribution in [0.4, 0.5) is 18.9 Å². The number of amides is 1. The molecule has 0 radical (unpaired) electrons. The van der Waals surface area contributed by atoms with E-state index in [1.807, 2.05) is 0 Å². The Bertz CT molecular complexity index is 867. The second-order valence-corrected chi connectivity index (χ2v) is 6.23. The molecule has 1 aromatic heterocycles. The minimum Gasteiger partial charge on any atom is -0.355 e. The van der Waals surface area contributed by atoms with E-state index in [1.165, 1.54) is 23.2 Å². The minimum atomic E-state index is -4.39. The Balaban J connectivity index is 1.68. The Morgan fingerprint density at radius 3 is 2.42 bits per heavy atom. The van der Waals surface area contributed by atoms with Gasteiger partial charge < -0.3 is 9.80 Å². The molecule has 26 heavy (non-hydrogen) atoms. The van der Waals surface area contributed by atoms with E-state index in [-0.39, 0.29) is 29.7 Å². The molecule has 0 saturated carbocycles. The van der Waals surface area contributed by atoms with Gasteiger partial charge in [0.25, 0.3) is 5.56 Å². The molecule has 0 bridgehead atoms. The average Bonchev–Trinajstić information content (AvgIpc) is 2.57. The van der Waals surface area contributed by atoms with Gasteiger partial charge in [-0.1, -0.05) is 23.7 Å². The predicted octanol–water partition coefficient (Wildman–Crippen LogP) is 2.29. The number of rotatable bonds is 3. The quantitative estimate of drug-likeness (QED) is 0.878. The first kappa shape index (κ1) is 18.2. The summed E-state index contributed by atoms with van der Waals surface area (Å²) >= 11 is 5.99. The third-order valence-corrected chi connectivity index (χ3v) is 4.35. The maximum absolute atomic E-state index is 12.6. The van der Waals surface area contributed by atoms with Gasteiger partial charge in [-0.3, -0.25) is 9.59 Å². The Morgan fingerprint density at radius 2 is 1.85 bits per heavy atom. The third kappa shape index (κ3) is 3.82. The van der Waals surface area contributed by atoms with Crippen molar-refractivity contribution < 1.29 is 18.0 Å². The zero-order valence-corrected chi connectivity index (χ0v) is 14.1. The summed E-state index contributed by atoms with van der Waals surface area (Å²) in [7, 11) is 0. The fourth-order valence-electron chi connectivity index (χ4n) is 2.75. The highest BCUT2D eigenvalue weighted by atomic mass is 35.5. The van der Waals surface area contributed by atoms with Crippen LogP contribution in [0.5, 0.6) is 0 Å². The maximum atomic E-state index is 12.6. The highest BCUT2D eigenvalue weighted by Gasteiger charge is 2.30. The van der Waals surface area contributed by atoms with Crippen molar-refractivity contribution in [3.63, 3.8) is 0 Å². The number of carbonyl (C=O) groups excluding carboxylic acids is 1. The van der Waals surface area contributed by atoms with Gasteiger partial charge in [-0.15, -0.1) is 0 Å². The van der Waals surface area contributed by atoms with Gasteiger partial charge in [0.2, 0.25) is 5.91 Å². The van der Waals surface area contributed by atoms with E-state index < -0.39 is 17.3 Å². The van der Waals surface area contributed by atoms with E-state index in [1.54, 1.807) is 4.90 Å². The molecule has 0 spiro atoms. The van der Waals surface area contributed by atoms with Crippen LogP contribution in [0, 0.1) is 0 Å². The number of piperazine rings is 1. The highest BCUT2D eigenvalue weighted by molar-refractivity contribution is 6.33. The number of aromatic nitrogens is 2. The molecular weight excluding hydrogens is 373 g/mol. The van der Waals surface area contributed by atoms with Gasteiger partial charge in [-0.2, -0.15) is 18.3 Å². The normalized spacial score (nSPS) is 15.5. The van der Waals surface area contributed by atoms with Crippen LogP contribution in [0.25, 0.3) is 0 Å². The van der Waals surface area contributed by atoms with Gasteiger partial charge in [0.05, 0.1) is 23.3 Å². The molecule has 1 aliphatic heterocycles.